The average molecular weight is 206 g/mol. The smallest absolute Gasteiger partial charge is 0.173 e. The van der Waals surface area contributed by atoms with Crippen molar-refractivity contribution in [1.29, 1.82) is 0 Å². The molecule has 1 saturated carbocycles. The summed E-state index contributed by atoms with van der Waals surface area (Å²) in [6, 6.07) is 9.86. The summed E-state index contributed by atoms with van der Waals surface area (Å²) in [5.41, 5.74) is -0.533. The molecular formula is C13H15FO. The van der Waals surface area contributed by atoms with E-state index in [9.17, 15) is 9.18 Å². The number of hydrogen-bond acceptors (Lipinski definition) is 1. The molecule has 2 rings (SSSR count). The predicted octanol–water partition coefficient (Wildman–Crippen LogP) is 3.11. The lowest BCUT2D eigenvalue weighted by atomic mass is 9.99. The van der Waals surface area contributed by atoms with Crippen LogP contribution in [0.4, 0.5) is 4.39 Å². The highest BCUT2D eigenvalue weighted by molar-refractivity contribution is 5.91. The van der Waals surface area contributed by atoms with Gasteiger partial charge in [0, 0.05) is 5.92 Å². The SMILES string of the molecule is CC(C)(F)C(=O)C1CC1c1ccccc1. The van der Waals surface area contributed by atoms with Gasteiger partial charge in [-0.3, -0.25) is 4.79 Å². The van der Waals surface area contributed by atoms with Gasteiger partial charge in [0.15, 0.2) is 11.5 Å². The highest BCUT2D eigenvalue weighted by Crippen LogP contribution is 2.49. The Morgan fingerprint density at radius 1 is 1.33 bits per heavy atom. The summed E-state index contributed by atoms with van der Waals surface area (Å²) in [7, 11) is 0. The summed E-state index contributed by atoms with van der Waals surface area (Å²) >= 11 is 0. The summed E-state index contributed by atoms with van der Waals surface area (Å²) in [4.78, 5) is 11.6. The number of benzene rings is 1. The van der Waals surface area contributed by atoms with Gasteiger partial charge >= 0.3 is 0 Å². The van der Waals surface area contributed by atoms with Gasteiger partial charge in [-0.25, -0.2) is 4.39 Å². The summed E-state index contributed by atoms with van der Waals surface area (Å²) in [5.74, 6) is -0.113. The molecule has 0 aliphatic heterocycles. The molecule has 2 unspecified atom stereocenters. The molecule has 2 atom stereocenters. The molecule has 0 amide bonds. The van der Waals surface area contributed by atoms with E-state index in [0.717, 1.165) is 12.0 Å². The molecule has 2 heteroatoms. The molecule has 80 valence electrons. The minimum Gasteiger partial charge on any atom is -0.296 e. The third kappa shape index (κ3) is 2.09. The predicted molar refractivity (Wildman–Crippen MR) is 57.5 cm³/mol. The monoisotopic (exact) mass is 206 g/mol. The van der Waals surface area contributed by atoms with Crippen LogP contribution in [0.5, 0.6) is 0 Å². The molecule has 1 aromatic carbocycles. The maximum Gasteiger partial charge on any atom is 0.173 e. The van der Waals surface area contributed by atoms with Crippen LogP contribution < -0.4 is 0 Å². The fourth-order valence-corrected chi connectivity index (χ4v) is 1.99. The van der Waals surface area contributed by atoms with Crippen LogP contribution in [-0.2, 0) is 4.79 Å². The van der Waals surface area contributed by atoms with Crippen LogP contribution in [0.1, 0.15) is 31.7 Å². The number of halogens is 1. The van der Waals surface area contributed by atoms with Gasteiger partial charge < -0.3 is 0 Å². The third-order valence-electron chi connectivity index (χ3n) is 2.94. The molecule has 0 saturated heterocycles. The van der Waals surface area contributed by atoms with Crippen molar-refractivity contribution in [2.45, 2.75) is 31.9 Å². The summed E-state index contributed by atoms with van der Waals surface area (Å²) in [5, 5.41) is 0. The number of Topliss-reactive ketones (excluding diaryl/α,β-unsaturated/α-hetero) is 1. The average Bonchev–Trinajstić information content (AvgIpc) is 2.96. The van der Waals surface area contributed by atoms with Crippen molar-refractivity contribution in [1.82, 2.24) is 0 Å². The first-order valence-electron chi connectivity index (χ1n) is 5.28. The van der Waals surface area contributed by atoms with Gasteiger partial charge in [-0.15, -0.1) is 0 Å². The van der Waals surface area contributed by atoms with Crippen LogP contribution in [0.2, 0.25) is 0 Å². The van der Waals surface area contributed by atoms with Crippen molar-refractivity contribution >= 4 is 5.78 Å². The van der Waals surface area contributed by atoms with E-state index in [2.05, 4.69) is 0 Å². The van der Waals surface area contributed by atoms with Crippen LogP contribution in [0, 0.1) is 5.92 Å². The summed E-state index contributed by atoms with van der Waals surface area (Å²) < 4.78 is 13.4. The number of carbonyl (C=O) groups excluding carboxylic acids is 1. The van der Waals surface area contributed by atoms with E-state index in [4.69, 9.17) is 0 Å². The van der Waals surface area contributed by atoms with Crippen LogP contribution >= 0.6 is 0 Å². The zero-order valence-corrected chi connectivity index (χ0v) is 9.03. The maximum atomic E-state index is 13.4. The molecule has 1 aliphatic rings. The minimum atomic E-state index is -1.69. The van der Waals surface area contributed by atoms with Gasteiger partial charge in [0.25, 0.3) is 0 Å². The first-order chi connectivity index (χ1) is 7.00. The highest BCUT2D eigenvalue weighted by Gasteiger charge is 2.48. The first kappa shape index (κ1) is 10.3. The Balaban J connectivity index is 2.06. The standard InChI is InChI=1S/C13H15FO/c1-13(2,14)12(15)11-8-10(11)9-6-4-3-5-7-9/h3-7,10-11H,8H2,1-2H3. The minimum absolute atomic E-state index is 0.104. The van der Waals surface area contributed by atoms with Crippen molar-refractivity contribution in [2.24, 2.45) is 5.92 Å². The van der Waals surface area contributed by atoms with Crippen LogP contribution in [0.15, 0.2) is 30.3 Å². The Bertz CT molecular complexity index is 364. The van der Waals surface area contributed by atoms with Crippen molar-refractivity contribution in [2.75, 3.05) is 0 Å². The fraction of sp³-hybridized carbons (Fsp3) is 0.462. The molecule has 0 heterocycles. The Morgan fingerprint density at radius 3 is 2.47 bits per heavy atom. The van der Waals surface area contributed by atoms with Crippen molar-refractivity contribution in [3.8, 4) is 0 Å². The van der Waals surface area contributed by atoms with E-state index in [1.165, 1.54) is 13.8 Å². The second-order valence-electron chi connectivity index (χ2n) is 4.70. The van der Waals surface area contributed by atoms with Crippen LogP contribution in [0.3, 0.4) is 0 Å². The number of hydrogen-bond donors (Lipinski definition) is 0. The van der Waals surface area contributed by atoms with Crippen molar-refractivity contribution in [3.05, 3.63) is 35.9 Å². The number of alkyl halides is 1. The van der Waals surface area contributed by atoms with Gasteiger partial charge in [-0.05, 0) is 31.7 Å². The molecular weight excluding hydrogens is 191 g/mol. The Kier molecular flexibility index (Phi) is 2.37. The normalized spacial score (nSPS) is 25.0. The van der Waals surface area contributed by atoms with Gasteiger partial charge in [-0.2, -0.15) is 0 Å². The molecule has 0 radical (unpaired) electrons. The maximum absolute atomic E-state index is 13.4. The van der Waals surface area contributed by atoms with E-state index < -0.39 is 5.67 Å². The Morgan fingerprint density at radius 2 is 1.93 bits per heavy atom. The molecule has 0 bridgehead atoms. The summed E-state index contributed by atoms with van der Waals surface area (Å²) in [6.07, 6.45) is 0.802. The summed E-state index contributed by atoms with van der Waals surface area (Å²) in [6.45, 7) is 2.69. The lowest BCUT2D eigenvalue weighted by Gasteiger charge is -2.11. The molecule has 15 heavy (non-hydrogen) atoms. The Hall–Kier alpha value is -1.18. The van der Waals surface area contributed by atoms with E-state index in [1.807, 2.05) is 30.3 Å². The third-order valence-corrected chi connectivity index (χ3v) is 2.94. The molecule has 0 spiro atoms. The van der Waals surface area contributed by atoms with E-state index in [-0.39, 0.29) is 17.6 Å². The largest absolute Gasteiger partial charge is 0.296 e. The molecule has 0 N–H and O–H groups in total. The van der Waals surface area contributed by atoms with Gasteiger partial charge in [-0.1, -0.05) is 30.3 Å². The lowest BCUT2D eigenvalue weighted by Crippen LogP contribution is -2.27. The van der Waals surface area contributed by atoms with Gasteiger partial charge in [0.1, 0.15) is 0 Å². The fourth-order valence-electron chi connectivity index (χ4n) is 1.99. The molecule has 1 aromatic rings. The quantitative estimate of drug-likeness (QED) is 0.742. The van der Waals surface area contributed by atoms with Crippen LogP contribution in [-0.4, -0.2) is 11.5 Å². The number of carbonyl (C=O) groups is 1. The van der Waals surface area contributed by atoms with Crippen molar-refractivity contribution in [3.63, 3.8) is 0 Å². The second-order valence-corrected chi connectivity index (χ2v) is 4.70. The van der Waals surface area contributed by atoms with E-state index in [0.29, 0.717) is 0 Å². The Labute approximate surface area is 89.3 Å². The first-order valence-corrected chi connectivity index (χ1v) is 5.28. The topological polar surface area (TPSA) is 17.1 Å². The molecule has 1 aliphatic carbocycles. The molecule has 1 fully saturated rings. The molecule has 1 nitrogen and oxygen atoms in total. The number of ketones is 1. The molecule has 0 aromatic heterocycles. The lowest BCUT2D eigenvalue weighted by molar-refractivity contribution is -0.129. The zero-order valence-electron chi connectivity index (χ0n) is 9.03. The van der Waals surface area contributed by atoms with Gasteiger partial charge in [0.2, 0.25) is 0 Å². The number of rotatable bonds is 3. The van der Waals surface area contributed by atoms with Crippen LogP contribution in [0.25, 0.3) is 0 Å². The second kappa shape index (κ2) is 3.44. The highest BCUT2D eigenvalue weighted by atomic mass is 19.1. The van der Waals surface area contributed by atoms with E-state index in [1.54, 1.807) is 0 Å². The van der Waals surface area contributed by atoms with Crippen molar-refractivity contribution < 1.29 is 9.18 Å². The zero-order chi connectivity index (χ0) is 11.1. The van der Waals surface area contributed by atoms with E-state index >= 15 is 0 Å². The van der Waals surface area contributed by atoms with Gasteiger partial charge in [0.05, 0.1) is 0 Å².